The minimum Gasteiger partial charge on any atom is -0.508 e. The number of rotatable bonds is 1. The summed E-state index contributed by atoms with van der Waals surface area (Å²) in [5.74, 6) is 0.341. The van der Waals surface area contributed by atoms with Gasteiger partial charge in [-0.3, -0.25) is 12.9 Å². The first-order valence-corrected chi connectivity index (χ1v) is 7.27. The van der Waals surface area contributed by atoms with Crippen molar-refractivity contribution in [2.75, 3.05) is 0 Å². The molecule has 0 aliphatic rings. The van der Waals surface area contributed by atoms with Crippen LogP contribution in [0.1, 0.15) is 0 Å². The highest BCUT2D eigenvalue weighted by atomic mass is 79.9. The van der Waals surface area contributed by atoms with Gasteiger partial charge >= 0.3 is 18.2 Å². The monoisotopic (exact) mass is 196 g/mol. The van der Waals surface area contributed by atoms with Gasteiger partial charge in [0.25, 0.3) is 0 Å². The molecule has 1 aromatic rings. The molecule has 1 nitrogen and oxygen atoms in total. The fourth-order valence-electron chi connectivity index (χ4n) is 0.585. The summed E-state index contributed by atoms with van der Waals surface area (Å²) in [6.45, 7) is 0. The van der Waals surface area contributed by atoms with Crippen molar-refractivity contribution in [3.63, 3.8) is 0 Å². The Morgan fingerprint density at radius 2 is 1.78 bits per heavy atom. The van der Waals surface area contributed by atoms with E-state index in [1.807, 2.05) is 12.1 Å². The van der Waals surface area contributed by atoms with Crippen LogP contribution in [0.3, 0.4) is 0 Å². The first-order valence-electron chi connectivity index (χ1n) is 2.67. The Labute approximate surface area is 69.7 Å². The highest BCUT2D eigenvalue weighted by Crippen LogP contribution is 2.02. The molecule has 0 fully saturated rings. The van der Waals surface area contributed by atoms with Crippen LogP contribution in [0.5, 0.6) is 5.75 Å². The maximum absolute atomic E-state index is 8.85. The molecule has 0 aliphatic heterocycles. The predicted octanol–water partition coefficient (Wildman–Crippen LogP) is 1.03. The summed E-state index contributed by atoms with van der Waals surface area (Å²) in [6, 6.07) is 7.31. The van der Waals surface area contributed by atoms with E-state index in [-0.39, 0.29) is 18.2 Å². The third kappa shape index (κ3) is 2.16. The summed E-state index contributed by atoms with van der Waals surface area (Å²) in [6.07, 6.45) is 0. The van der Waals surface area contributed by atoms with Gasteiger partial charge in [0.2, 0.25) is 0 Å². The minimum atomic E-state index is -0.223. The molecule has 0 bridgehead atoms. The van der Waals surface area contributed by atoms with E-state index in [9.17, 15) is 0 Å². The molecule has 0 amide bonds. The van der Waals surface area contributed by atoms with Crippen LogP contribution >= 0.6 is 12.9 Å². The van der Waals surface area contributed by atoms with E-state index >= 15 is 0 Å². The second kappa shape index (κ2) is 3.44. The van der Waals surface area contributed by atoms with Crippen LogP contribution < -0.4 is 3.69 Å². The SMILES string of the molecule is Oc1cc[c]([Mg][Br])cc1. The lowest BCUT2D eigenvalue weighted by Gasteiger charge is -1.92. The Kier molecular flexibility index (Phi) is 2.82. The Balaban J connectivity index is 2.88. The van der Waals surface area contributed by atoms with Crippen molar-refractivity contribution in [3.05, 3.63) is 24.3 Å². The zero-order valence-electron chi connectivity index (χ0n) is 4.84. The van der Waals surface area contributed by atoms with Crippen LogP contribution in [0.25, 0.3) is 0 Å². The molecule has 1 rings (SSSR count). The van der Waals surface area contributed by atoms with E-state index in [0.29, 0.717) is 5.75 Å². The highest BCUT2D eigenvalue weighted by Gasteiger charge is 1.92. The number of benzene rings is 1. The van der Waals surface area contributed by atoms with Crippen LogP contribution in [0, 0.1) is 0 Å². The van der Waals surface area contributed by atoms with Crippen molar-refractivity contribution >= 4 is 34.8 Å². The van der Waals surface area contributed by atoms with Gasteiger partial charge in [0.05, 0.1) is 0 Å². The molecule has 0 atom stereocenters. The zero-order valence-corrected chi connectivity index (χ0v) is 7.84. The zero-order chi connectivity index (χ0) is 6.69. The molecule has 3 heteroatoms. The predicted molar refractivity (Wildman–Crippen MR) is 42.4 cm³/mol. The van der Waals surface area contributed by atoms with Gasteiger partial charge in [0.15, 0.2) is 0 Å². The summed E-state index contributed by atoms with van der Waals surface area (Å²) in [5, 5.41) is 8.85. The first-order chi connectivity index (χ1) is 4.33. The van der Waals surface area contributed by atoms with Gasteiger partial charge in [-0.2, -0.15) is 3.69 Å². The third-order valence-electron chi connectivity index (χ3n) is 1.09. The molecule has 1 N–H and O–H groups in total. The van der Waals surface area contributed by atoms with Gasteiger partial charge in [-0.05, 0) is 12.1 Å². The number of aromatic hydroxyl groups is 1. The van der Waals surface area contributed by atoms with E-state index < -0.39 is 0 Å². The van der Waals surface area contributed by atoms with E-state index in [2.05, 4.69) is 12.9 Å². The van der Waals surface area contributed by atoms with Crippen molar-refractivity contribution < 1.29 is 5.11 Å². The molecule has 0 unspecified atom stereocenters. The summed E-state index contributed by atoms with van der Waals surface area (Å²) in [5.41, 5.74) is 0. The Bertz CT molecular complexity index is 185. The van der Waals surface area contributed by atoms with E-state index in [4.69, 9.17) is 5.11 Å². The lowest BCUT2D eigenvalue weighted by molar-refractivity contribution is 0.475. The van der Waals surface area contributed by atoms with Crippen molar-refractivity contribution in [1.82, 2.24) is 0 Å². The Hall–Kier alpha value is 0.266. The maximum Gasteiger partial charge on any atom is 0.506 e. The highest BCUT2D eigenvalue weighted by molar-refractivity contribution is 9.23. The van der Waals surface area contributed by atoms with E-state index in [1.54, 1.807) is 12.1 Å². The fourth-order valence-corrected chi connectivity index (χ4v) is 2.12. The Morgan fingerprint density at radius 1 is 1.22 bits per heavy atom. The van der Waals surface area contributed by atoms with Crippen molar-refractivity contribution in [2.45, 2.75) is 0 Å². The molecule has 44 valence electrons. The molecule has 0 spiro atoms. The van der Waals surface area contributed by atoms with Gasteiger partial charge in [0.1, 0.15) is 5.75 Å². The Morgan fingerprint density at radius 3 is 2.22 bits per heavy atom. The van der Waals surface area contributed by atoms with Crippen LogP contribution in [0.4, 0.5) is 0 Å². The lowest BCUT2D eigenvalue weighted by Crippen LogP contribution is -2.05. The summed E-state index contributed by atoms with van der Waals surface area (Å²) in [7, 11) is 0. The van der Waals surface area contributed by atoms with Gasteiger partial charge in [-0.1, -0.05) is 12.1 Å². The van der Waals surface area contributed by atoms with Gasteiger partial charge in [-0.25, -0.2) is 0 Å². The molecule has 9 heavy (non-hydrogen) atoms. The fraction of sp³-hybridized carbons (Fsp3) is 0. The van der Waals surface area contributed by atoms with Crippen LogP contribution in [-0.2, 0) is 0 Å². The normalized spacial score (nSPS) is 8.56. The molecule has 0 aliphatic carbocycles. The topological polar surface area (TPSA) is 20.2 Å². The average Bonchev–Trinajstić information content (AvgIpc) is 1.90. The molecule has 0 heterocycles. The number of hydrogen-bond donors (Lipinski definition) is 1. The standard InChI is InChI=1S/C6H5O.BrH.Mg/c7-6-4-2-1-3-5-6;;/h2-5,7H;1H;/q;;+1/p-1. The summed E-state index contributed by atoms with van der Waals surface area (Å²) >= 11 is 3.22. The third-order valence-corrected chi connectivity index (χ3v) is 3.81. The van der Waals surface area contributed by atoms with Crippen molar-refractivity contribution in [2.24, 2.45) is 0 Å². The average molecular weight is 197 g/mol. The van der Waals surface area contributed by atoms with Crippen molar-refractivity contribution in [1.29, 1.82) is 0 Å². The van der Waals surface area contributed by atoms with Crippen LogP contribution in [-0.4, -0.2) is 23.3 Å². The number of phenolic OH excluding ortho intramolecular Hbond substituents is 1. The van der Waals surface area contributed by atoms with Crippen LogP contribution in [0.2, 0.25) is 0 Å². The molecular weight excluding hydrogens is 192 g/mol. The van der Waals surface area contributed by atoms with Gasteiger partial charge in [-0.15, -0.1) is 0 Å². The first kappa shape index (κ1) is 7.37. The molecule has 0 aromatic heterocycles. The smallest absolute Gasteiger partial charge is 0.506 e. The number of halogens is 1. The maximum atomic E-state index is 8.85. The molecular formula is C6H5BrMgO. The molecule has 0 radical (unpaired) electrons. The summed E-state index contributed by atoms with van der Waals surface area (Å²) in [4.78, 5) is 0. The minimum absolute atomic E-state index is 0.223. The summed E-state index contributed by atoms with van der Waals surface area (Å²) < 4.78 is 1.31. The number of hydrogen-bond acceptors (Lipinski definition) is 1. The van der Waals surface area contributed by atoms with Gasteiger partial charge in [0, 0.05) is 0 Å². The molecule has 1 aromatic carbocycles. The second-order valence-electron chi connectivity index (χ2n) is 1.80. The molecule has 0 saturated heterocycles. The van der Waals surface area contributed by atoms with Crippen molar-refractivity contribution in [3.8, 4) is 5.75 Å². The van der Waals surface area contributed by atoms with E-state index in [0.717, 1.165) is 0 Å². The van der Waals surface area contributed by atoms with Gasteiger partial charge < -0.3 is 5.11 Å². The van der Waals surface area contributed by atoms with E-state index in [1.165, 1.54) is 3.69 Å². The largest absolute Gasteiger partial charge is 0.508 e. The number of phenols is 1. The molecule has 0 saturated carbocycles. The van der Waals surface area contributed by atoms with Crippen LogP contribution in [0.15, 0.2) is 24.3 Å². The lowest BCUT2D eigenvalue weighted by atomic mass is 10.3. The quantitative estimate of drug-likeness (QED) is 0.667. The second-order valence-corrected chi connectivity index (χ2v) is 4.57.